The van der Waals surface area contributed by atoms with Gasteiger partial charge < -0.3 is 9.47 Å². The predicted octanol–water partition coefficient (Wildman–Crippen LogP) is 2.16. The topological polar surface area (TPSA) is 53.4 Å². The second kappa shape index (κ2) is 4.37. The van der Waals surface area contributed by atoms with Gasteiger partial charge in [0.2, 0.25) is 0 Å². The van der Waals surface area contributed by atoms with Gasteiger partial charge in [-0.2, -0.15) is 0 Å². The quantitative estimate of drug-likeness (QED) is 0.797. The Morgan fingerprint density at radius 1 is 1.10 bits per heavy atom. The van der Waals surface area contributed by atoms with Crippen molar-refractivity contribution in [1.82, 2.24) is 9.55 Å². The van der Waals surface area contributed by atoms with E-state index in [1.54, 1.807) is 6.33 Å². The Labute approximate surface area is 116 Å². The number of hydrogen-bond acceptors (Lipinski definition) is 4. The van der Waals surface area contributed by atoms with Crippen LogP contribution in [0.3, 0.4) is 0 Å². The summed E-state index contributed by atoms with van der Waals surface area (Å²) in [6, 6.07) is 5.71. The molecule has 1 aromatic carbocycles. The lowest BCUT2D eigenvalue weighted by Crippen LogP contribution is -2.16. The standard InChI is InChI=1S/C15H14N2O3/c18-12-3-1-2-11-15(12)17(9-16-11)10-4-5-13-14(8-10)20-7-6-19-13/h4-5,8-9H,1-3,6-7H2. The van der Waals surface area contributed by atoms with Crippen molar-refractivity contribution in [2.75, 3.05) is 13.2 Å². The van der Waals surface area contributed by atoms with Crippen LogP contribution in [0.5, 0.6) is 11.5 Å². The predicted molar refractivity (Wildman–Crippen MR) is 71.8 cm³/mol. The number of carbonyl (C=O) groups is 1. The van der Waals surface area contributed by atoms with Gasteiger partial charge in [-0.3, -0.25) is 9.36 Å². The van der Waals surface area contributed by atoms with Gasteiger partial charge in [-0.15, -0.1) is 0 Å². The lowest BCUT2D eigenvalue weighted by molar-refractivity contribution is 0.0965. The Balaban J connectivity index is 1.82. The lowest BCUT2D eigenvalue weighted by atomic mass is 9.99. The molecule has 0 N–H and O–H groups in total. The zero-order chi connectivity index (χ0) is 13.5. The molecule has 1 aromatic heterocycles. The number of ketones is 1. The Morgan fingerprint density at radius 3 is 2.85 bits per heavy atom. The molecule has 0 bridgehead atoms. The monoisotopic (exact) mass is 270 g/mol. The van der Waals surface area contributed by atoms with E-state index < -0.39 is 0 Å². The van der Waals surface area contributed by atoms with Crippen molar-refractivity contribution >= 4 is 5.78 Å². The highest BCUT2D eigenvalue weighted by atomic mass is 16.6. The van der Waals surface area contributed by atoms with E-state index in [1.807, 2.05) is 22.8 Å². The van der Waals surface area contributed by atoms with Crippen molar-refractivity contribution in [3.63, 3.8) is 0 Å². The van der Waals surface area contributed by atoms with Crippen LogP contribution in [0.4, 0.5) is 0 Å². The summed E-state index contributed by atoms with van der Waals surface area (Å²) in [5.41, 5.74) is 2.50. The van der Waals surface area contributed by atoms with Crippen LogP contribution in [0.2, 0.25) is 0 Å². The van der Waals surface area contributed by atoms with Crippen molar-refractivity contribution in [2.24, 2.45) is 0 Å². The molecular weight excluding hydrogens is 256 g/mol. The first-order valence-corrected chi connectivity index (χ1v) is 6.82. The Kier molecular flexibility index (Phi) is 2.52. The molecule has 0 fully saturated rings. The summed E-state index contributed by atoms with van der Waals surface area (Å²) in [5.74, 6) is 1.64. The van der Waals surface area contributed by atoms with E-state index in [9.17, 15) is 4.79 Å². The van der Waals surface area contributed by atoms with Crippen molar-refractivity contribution in [3.05, 3.63) is 35.9 Å². The van der Waals surface area contributed by atoms with Crippen LogP contribution in [-0.2, 0) is 6.42 Å². The second-order valence-electron chi connectivity index (χ2n) is 5.01. The first-order chi connectivity index (χ1) is 9.83. The number of rotatable bonds is 1. The van der Waals surface area contributed by atoms with Gasteiger partial charge in [0.25, 0.3) is 0 Å². The van der Waals surface area contributed by atoms with Gasteiger partial charge in [0.1, 0.15) is 25.2 Å². The minimum absolute atomic E-state index is 0.165. The maximum atomic E-state index is 12.1. The van der Waals surface area contributed by atoms with Crippen LogP contribution >= 0.6 is 0 Å². The summed E-state index contributed by atoms with van der Waals surface area (Å²) >= 11 is 0. The van der Waals surface area contributed by atoms with Crippen molar-refractivity contribution in [2.45, 2.75) is 19.3 Å². The van der Waals surface area contributed by atoms with Crippen LogP contribution in [0.15, 0.2) is 24.5 Å². The fourth-order valence-corrected chi connectivity index (χ4v) is 2.78. The van der Waals surface area contributed by atoms with E-state index in [4.69, 9.17) is 9.47 Å². The van der Waals surface area contributed by atoms with Crippen LogP contribution < -0.4 is 9.47 Å². The molecule has 2 aliphatic rings. The number of benzene rings is 1. The molecule has 2 heterocycles. The van der Waals surface area contributed by atoms with Crippen LogP contribution in [0, 0.1) is 0 Å². The molecule has 0 amide bonds. The summed E-state index contributed by atoms with van der Waals surface area (Å²) in [7, 11) is 0. The van der Waals surface area contributed by atoms with E-state index in [0.29, 0.717) is 25.3 Å². The van der Waals surface area contributed by atoms with E-state index in [2.05, 4.69) is 4.98 Å². The molecule has 0 spiro atoms. The molecule has 0 radical (unpaired) electrons. The van der Waals surface area contributed by atoms with Gasteiger partial charge in [-0.05, 0) is 25.0 Å². The van der Waals surface area contributed by atoms with Gasteiger partial charge in [0, 0.05) is 12.5 Å². The number of ether oxygens (including phenoxy) is 2. The Hall–Kier alpha value is -2.30. The highest BCUT2D eigenvalue weighted by Gasteiger charge is 2.24. The number of aromatic nitrogens is 2. The van der Waals surface area contributed by atoms with Gasteiger partial charge in [-0.1, -0.05) is 0 Å². The third-order valence-electron chi connectivity index (χ3n) is 3.73. The minimum Gasteiger partial charge on any atom is -0.486 e. The molecule has 0 saturated carbocycles. The normalized spacial score (nSPS) is 16.9. The highest BCUT2D eigenvalue weighted by Crippen LogP contribution is 2.33. The summed E-state index contributed by atoms with van der Waals surface area (Å²) in [4.78, 5) is 16.5. The fourth-order valence-electron chi connectivity index (χ4n) is 2.78. The highest BCUT2D eigenvalue weighted by molar-refractivity contribution is 5.97. The van der Waals surface area contributed by atoms with Gasteiger partial charge >= 0.3 is 0 Å². The smallest absolute Gasteiger partial charge is 0.181 e. The zero-order valence-corrected chi connectivity index (χ0v) is 11.0. The molecule has 0 saturated heterocycles. The third-order valence-corrected chi connectivity index (χ3v) is 3.73. The number of aryl methyl sites for hydroxylation is 1. The zero-order valence-electron chi connectivity index (χ0n) is 11.0. The molecule has 1 aliphatic carbocycles. The number of carbonyl (C=O) groups excluding carboxylic acids is 1. The molecule has 102 valence electrons. The number of imidazole rings is 1. The summed E-state index contributed by atoms with van der Waals surface area (Å²) in [6.45, 7) is 1.13. The van der Waals surface area contributed by atoms with E-state index in [0.717, 1.165) is 35.7 Å². The number of nitrogens with zero attached hydrogens (tertiary/aromatic N) is 2. The Morgan fingerprint density at radius 2 is 1.95 bits per heavy atom. The van der Waals surface area contributed by atoms with Crippen LogP contribution in [0.25, 0.3) is 5.69 Å². The molecule has 2 aromatic rings. The van der Waals surface area contributed by atoms with Crippen LogP contribution in [-0.4, -0.2) is 28.5 Å². The first-order valence-electron chi connectivity index (χ1n) is 6.82. The molecule has 5 nitrogen and oxygen atoms in total. The molecule has 4 rings (SSSR count). The average molecular weight is 270 g/mol. The number of hydrogen-bond donors (Lipinski definition) is 0. The molecule has 0 atom stereocenters. The molecule has 0 unspecified atom stereocenters. The molecule has 5 heteroatoms. The summed E-state index contributed by atoms with van der Waals surface area (Å²) in [6.07, 6.45) is 4.09. The SMILES string of the molecule is O=C1CCCc2ncn(-c3ccc4c(c3)OCCO4)c21. The van der Waals surface area contributed by atoms with Crippen LogP contribution in [0.1, 0.15) is 29.0 Å². The third kappa shape index (κ3) is 1.70. The number of Topliss-reactive ketones (excluding diaryl/α,β-unsaturated/α-hetero) is 1. The minimum atomic E-state index is 0.165. The Bertz CT molecular complexity index is 690. The van der Waals surface area contributed by atoms with Crippen molar-refractivity contribution in [1.29, 1.82) is 0 Å². The first kappa shape index (κ1) is 11.5. The van der Waals surface area contributed by atoms with Gasteiger partial charge in [0.15, 0.2) is 17.3 Å². The molecule has 20 heavy (non-hydrogen) atoms. The fraction of sp³-hybridized carbons (Fsp3) is 0.333. The van der Waals surface area contributed by atoms with E-state index in [1.165, 1.54) is 0 Å². The summed E-state index contributed by atoms with van der Waals surface area (Å²) in [5, 5.41) is 0. The largest absolute Gasteiger partial charge is 0.486 e. The van der Waals surface area contributed by atoms with E-state index in [-0.39, 0.29) is 5.78 Å². The van der Waals surface area contributed by atoms with Gasteiger partial charge in [-0.25, -0.2) is 4.98 Å². The lowest BCUT2D eigenvalue weighted by Gasteiger charge is -2.19. The van der Waals surface area contributed by atoms with E-state index >= 15 is 0 Å². The van der Waals surface area contributed by atoms with Crippen molar-refractivity contribution in [3.8, 4) is 17.2 Å². The average Bonchev–Trinajstić information content (AvgIpc) is 2.92. The maximum absolute atomic E-state index is 12.1. The summed E-state index contributed by atoms with van der Waals surface area (Å²) < 4.78 is 13.0. The van der Waals surface area contributed by atoms with Crippen molar-refractivity contribution < 1.29 is 14.3 Å². The second-order valence-corrected chi connectivity index (χ2v) is 5.01. The van der Waals surface area contributed by atoms with Gasteiger partial charge in [0.05, 0.1) is 11.4 Å². The maximum Gasteiger partial charge on any atom is 0.181 e. The molecular formula is C15H14N2O3. The number of fused-ring (bicyclic) bond motifs is 2. The molecule has 1 aliphatic heterocycles.